The van der Waals surface area contributed by atoms with Crippen molar-refractivity contribution in [1.29, 1.82) is 0 Å². The lowest BCUT2D eigenvalue weighted by atomic mass is 9.69. The fourth-order valence-corrected chi connectivity index (χ4v) is 3.96. The van der Waals surface area contributed by atoms with Crippen molar-refractivity contribution in [3.05, 3.63) is 0 Å². The van der Waals surface area contributed by atoms with Gasteiger partial charge in [0.2, 0.25) is 0 Å². The Labute approximate surface area is 130 Å². The largest absolute Gasteiger partial charge is 0.392 e. The minimum atomic E-state index is -0.605. The highest BCUT2D eigenvalue weighted by molar-refractivity contribution is 4.90. The van der Waals surface area contributed by atoms with Gasteiger partial charge in [-0.05, 0) is 38.0 Å². The highest BCUT2D eigenvalue weighted by Gasteiger charge is 2.38. The molecule has 1 aliphatic carbocycles. The summed E-state index contributed by atoms with van der Waals surface area (Å²) in [6, 6.07) is 0. The van der Waals surface area contributed by atoms with Gasteiger partial charge in [0, 0.05) is 39.3 Å². The molecule has 21 heavy (non-hydrogen) atoms. The van der Waals surface area contributed by atoms with Crippen LogP contribution in [-0.2, 0) is 0 Å². The van der Waals surface area contributed by atoms with Gasteiger partial charge in [-0.1, -0.05) is 20.3 Å². The van der Waals surface area contributed by atoms with Gasteiger partial charge in [0.1, 0.15) is 0 Å². The van der Waals surface area contributed by atoms with Gasteiger partial charge < -0.3 is 15.1 Å². The molecule has 1 saturated carbocycles. The summed E-state index contributed by atoms with van der Waals surface area (Å²) in [5, 5.41) is 20.5. The van der Waals surface area contributed by atoms with E-state index in [0.717, 1.165) is 52.1 Å². The molecule has 2 N–H and O–H groups in total. The van der Waals surface area contributed by atoms with Crippen LogP contribution in [0.4, 0.5) is 0 Å². The van der Waals surface area contributed by atoms with E-state index in [1.165, 1.54) is 6.42 Å². The zero-order valence-corrected chi connectivity index (χ0v) is 14.3. The van der Waals surface area contributed by atoms with Crippen LogP contribution in [0.3, 0.4) is 0 Å². The zero-order valence-electron chi connectivity index (χ0n) is 14.3. The monoisotopic (exact) mass is 298 g/mol. The molecule has 0 aromatic heterocycles. The molecule has 0 bridgehead atoms. The molecule has 0 radical (unpaired) electrons. The topological polar surface area (TPSA) is 46.9 Å². The van der Waals surface area contributed by atoms with Crippen LogP contribution in [-0.4, -0.2) is 71.0 Å². The summed E-state index contributed by atoms with van der Waals surface area (Å²) in [5.41, 5.74) is -0.530. The molecule has 2 fully saturated rings. The first-order valence-electron chi connectivity index (χ1n) is 8.52. The molecular weight excluding hydrogens is 264 g/mol. The van der Waals surface area contributed by atoms with E-state index in [1.54, 1.807) is 0 Å². The smallest absolute Gasteiger partial charge is 0.0718 e. The minimum absolute atomic E-state index is 0.0751. The summed E-state index contributed by atoms with van der Waals surface area (Å²) >= 11 is 0. The average Bonchev–Trinajstić information content (AvgIpc) is 2.35. The van der Waals surface area contributed by atoms with E-state index in [4.69, 9.17) is 0 Å². The van der Waals surface area contributed by atoms with Crippen LogP contribution < -0.4 is 0 Å². The quantitative estimate of drug-likeness (QED) is 0.827. The van der Waals surface area contributed by atoms with Crippen LogP contribution in [0.15, 0.2) is 0 Å². The lowest BCUT2D eigenvalue weighted by Crippen LogP contribution is -2.53. The number of β-amino-alcohol motifs (C(OH)–C–C–N with tert-alkyl or cyclic N) is 1. The first-order valence-corrected chi connectivity index (χ1v) is 8.52. The summed E-state index contributed by atoms with van der Waals surface area (Å²) in [6.07, 6.45) is 3.38. The van der Waals surface area contributed by atoms with Crippen molar-refractivity contribution in [3.63, 3.8) is 0 Å². The molecule has 2 rings (SSSR count). The molecule has 2 unspecified atom stereocenters. The lowest BCUT2D eigenvalue weighted by molar-refractivity contribution is -0.0490. The van der Waals surface area contributed by atoms with Gasteiger partial charge in [0.15, 0.2) is 0 Å². The number of aliphatic hydroxyl groups is 2. The SMILES string of the molecule is CC(C)(O)CN1CCN(CC2CCCC(C)(C)C2O)CC1. The number of piperazine rings is 1. The van der Waals surface area contributed by atoms with Crippen LogP contribution in [0.2, 0.25) is 0 Å². The van der Waals surface area contributed by atoms with E-state index < -0.39 is 5.60 Å². The van der Waals surface area contributed by atoms with Crippen LogP contribution in [0.5, 0.6) is 0 Å². The Kier molecular flexibility index (Phi) is 5.35. The Bertz CT molecular complexity index is 330. The molecule has 1 saturated heterocycles. The summed E-state index contributed by atoms with van der Waals surface area (Å²) in [7, 11) is 0. The average molecular weight is 298 g/mol. The third-order valence-corrected chi connectivity index (χ3v) is 5.21. The predicted octanol–water partition coefficient (Wildman–Crippen LogP) is 1.56. The third kappa shape index (κ3) is 4.92. The van der Waals surface area contributed by atoms with E-state index in [0.29, 0.717) is 5.92 Å². The summed E-state index contributed by atoms with van der Waals surface area (Å²) in [5.74, 6) is 0.426. The molecule has 124 valence electrons. The van der Waals surface area contributed by atoms with Gasteiger partial charge >= 0.3 is 0 Å². The van der Waals surface area contributed by atoms with Crippen molar-refractivity contribution in [1.82, 2.24) is 9.80 Å². The molecule has 0 spiro atoms. The number of hydrogen-bond acceptors (Lipinski definition) is 4. The van der Waals surface area contributed by atoms with Crippen molar-refractivity contribution in [3.8, 4) is 0 Å². The van der Waals surface area contributed by atoms with Crippen molar-refractivity contribution in [2.45, 2.75) is 58.7 Å². The van der Waals surface area contributed by atoms with Crippen molar-refractivity contribution in [2.24, 2.45) is 11.3 Å². The summed E-state index contributed by atoms with van der Waals surface area (Å²) < 4.78 is 0. The van der Waals surface area contributed by atoms with E-state index in [9.17, 15) is 10.2 Å². The van der Waals surface area contributed by atoms with Crippen LogP contribution in [0.1, 0.15) is 47.0 Å². The number of nitrogens with zero attached hydrogens (tertiary/aromatic N) is 2. The van der Waals surface area contributed by atoms with E-state index >= 15 is 0 Å². The third-order valence-electron chi connectivity index (χ3n) is 5.21. The summed E-state index contributed by atoms with van der Waals surface area (Å²) in [4.78, 5) is 4.84. The van der Waals surface area contributed by atoms with E-state index in [1.807, 2.05) is 13.8 Å². The van der Waals surface area contributed by atoms with Crippen LogP contribution in [0, 0.1) is 11.3 Å². The Morgan fingerprint density at radius 2 is 1.67 bits per heavy atom. The fraction of sp³-hybridized carbons (Fsp3) is 1.00. The Balaban J connectivity index is 1.78. The molecule has 1 aliphatic heterocycles. The van der Waals surface area contributed by atoms with E-state index in [2.05, 4.69) is 23.6 Å². The van der Waals surface area contributed by atoms with Gasteiger partial charge in [0.05, 0.1) is 11.7 Å². The molecule has 2 aliphatic rings. The highest BCUT2D eigenvalue weighted by Crippen LogP contribution is 2.39. The number of aliphatic hydroxyl groups excluding tert-OH is 1. The first kappa shape index (κ1) is 17.2. The van der Waals surface area contributed by atoms with Crippen molar-refractivity contribution in [2.75, 3.05) is 39.3 Å². The molecule has 2 atom stereocenters. The van der Waals surface area contributed by atoms with E-state index in [-0.39, 0.29) is 11.5 Å². The Hall–Kier alpha value is -0.160. The predicted molar refractivity (Wildman–Crippen MR) is 86.3 cm³/mol. The zero-order chi connectivity index (χ0) is 15.7. The van der Waals surface area contributed by atoms with Crippen molar-refractivity contribution >= 4 is 0 Å². The molecule has 0 amide bonds. The highest BCUT2D eigenvalue weighted by atomic mass is 16.3. The Morgan fingerprint density at radius 3 is 2.24 bits per heavy atom. The molecular formula is C17H34N2O2. The maximum absolute atomic E-state index is 10.6. The van der Waals surface area contributed by atoms with Crippen LogP contribution in [0.25, 0.3) is 0 Å². The summed E-state index contributed by atoms with van der Waals surface area (Å²) in [6.45, 7) is 14.1. The minimum Gasteiger partial charge on any atom is -0.392 e. The van der Waals surface area contributed by atoms with Gasteiger partial charge in [-0.3, -0.25) is 4.90 Å². The molecule has 1 heterocycles. The second-order valence-corrected chi connectivity index (χ2v) is 8.47. The number of hydrogen-bond donors (Lipinski definition) is 2. The molecule has 0 aromatic rings. The first-order chi connectivity index (χ1) is 9.67. The van der Waals surface area contributed by atoms with Gasteiger partial charge in [0.25, 0.3) is 0 Å². The normalized spacial score (nSPS) is 32.3. The molecule has 4 heteroatoms. The lowest BCUT2D eigenvalue weighted by Gasteiger charge is -2.44. The molecule has 0 aromatic carbocycles. The fourth-order valence-electron chi connectivity index (χ4n) is 3.96. The van der Waals surface area contributed by atoms with Gasteiger partial charge in [-0.25, -0.2) is 0 Å². The second-order valence-electron chi connectivity index (χ2n) is 8.47. The van der Waals surface area contributed by atoms with Gasteiger partial charge in [-0.15, -0.1) is 0 Å². The van der Waals surface area contributed by atoms with Crippen molar-refractivity contribution < 1.29 is 10.2 Å². The second kappa shape index (κ2) is 6.53. The maximum atomic E-state index is 10.6. The number of rotatable bonds is 4. The Morgan fingerprint density at radius 1 is 1.10 bits per heavy atom. The standard InChI is InChI=1S/C17H34N2O2/c1-16(2)7-5-6-14(15(16)20)12-18-8-10-19(11-9-18)13-17(3,4)21/h14-15,20-21H,5-13H2,1-4H3. The van der Waals surface area contributed by atoms with Crippen LogP contribution >= 0.6 is 0 Å². The maximum Gasteiger partial charge on any atom is 0.0718 e. The molecule has 4 nitrogen and oxygen atoms in total. The van der Waals surface area contributed by atoms with Gasteiger partial charge in [-0.2, -0.15) is 0 Å².